The number of hydrogen-bond donors (Lipinski definition) is 3. The second kappa shape index (κ2) is 10.6. The third kappa shape index (κ3) is 5.12. The summed E-state index contributed by atoms with van der Waals surface area (Å²) in [6.45, 7) is 0. The number of aromatic nitrogens is 1. The number of nitrogens with one attached hydrogen (secondary N) is 1. The van der Waals surface area contributed by atoms with Crippen LogP contribution in [0.15, 0.2) is 54.6 Å². The molecule has 3 aromatic rings. The fourth-order valence-corrected chi connectivity index (χ4v) is 5.01. The maximum absolute atomic E-state index is 13.9. The predicted octanol–water partition coefficient (Wildman–Crippen LogP) is 3.28. The molecule has 182 valence electrons. The molecule has 2 aromatic carbocycles. The van der Waals surface area contributed by atoms with Gasteiger partial charge in [-0.05, 0) is 54.2 Å². The van der Waals surface area contributed by atoms with Crippen molar-refractivity contribution in [3.63, 3.8) is 0 Å². The van der Waals surface area contributed by atoms with Crippen molar-refractivity contribution in [3.8, 4) is 5.75 Å². The van der Waals surface area contributed by atoms with Crippen molar-refractivity contribution in [2.45, 2.75) is 37.8 Å². The zero-order valence-corrected chi connectivity index (χ0v) is 20.1. The molecule has 10 heteroatoms. The van der Waals surface area contributed by atoms with E-state index in [2.05, 4.69) is 9.69 Å². The molecule has 1 aliphatic carbocycles. The fraction of sp³-hybridized carbons (Fsp3) is 0.280. The molecule has 4 rings (SSSR count). The average Bonchev–Trinajstić information content (AvgIpc) is 3.52. The molecule has 0 bridgehead atoms. The van der Waals surface area contributed by atoms with Crippen LogP contribution in [0.3, 0.4) is 0 Å². The third-order valence-corrected chi connectivity index (χ3v) is 6.90. The van der Waals surface area contributed by atoms with Gasteiger partial charge in [0, 0.05) is 11.7 Å². The number of nitrogens with two attached hydrogens (primary N) is 2. The molecule has 0 aliphatic heterocycles. The second-order valence-electron chi connectivity index (χ2n) is 8.31. The Morgan fingerprint density at radius 3 is 2.31 bits per heavy atom. The summed E-state index contributed by atoms with van der Waals surface area (Å²) in [6, 6.07) is 14.9. The van der Waals surface area contributed by atoms with Crippen LogP contribution in [-0.2, 0) is 4.79 Å². The summed E-state index contributed by atoms with van der Waals surface area (Å²) in [6.07, 6.45) is 3.88. The lowest BCUT2D eigenvalue weighted by Gasteiger charge is -2.32. The molecule has 1 aliphatic rings. The van der Waals surface area contributed by atoms with Crippen LogP contribution in [0, 0.1) is 0 Å². The average molecular weight is 494 g/mol. The number of amides is 3. The van der Waals surface area contributed by atoms with Crippen molar-refractivity contribution in [2.24, 2.45) is 5.73 Å². The first-order valence-electron chi connectivity index (χ1n) is 11.3. The molecule has 1 fully saturated rings. The van der Waals surface area contributed by atoms with E-state index in [0.717, 1.165) is 37.2 Å². The molecule has 1 saturated carbocycles. The van der Waals surface area contributed by atoms with Gasteiger partial charge in [-0.25, -0.2) is 0 Å². The quantitative estimate of drug-likeness (QED) is 0.440. The van der Waals surface area contributed by atoms with Gasteiger partial charge in [-0.15, -0.1) is 0 Å². The van der Waals surface area contributed by atoms with Crippen LogP contribution in [0.1, 0.15) is 57.4 Å². The molecule has 0 spiro atoms. The molecule has 1 heterocycles. The summed E-state index contributed by atoms with van der Waals surface area (Å²) >= 11 is 0.780. The number of nitrogen functional groups attached to an aromatic ring is 1. The monoisotopic (exact) mass is 493 g/mol. The highest BCUT2D eigenvalue weighted by atomic mass is 32.1. The molecule has 9 nitrogen and oxygen atoms in total. The molecular weight excluding hydrogens is 466 g/mol. The molecular formula is C25H27N5O4S. The number of rotatable bonds is 8. The van der Waals surface area contributed by atoms with Gasteiger partial charge < -0.3 is 21.5 Å². The van der Waals surface area contributed by atoms with Crippen molar-refractivity contribution in [2.75, 3.05) is 17.7 Å². The molecule has 3 amide bonds. The Hall–Kier alpha value is -3.92. The number of nitrogens with zero attached hydrogens (tertiary/aromatic N) is 2. The minimum atomic E-state index is -1.00. The molecule has 0 saturated heterocycles. The molecule has 35 heavy (non-hydrogen) atoms. The first-order chi connectivity index (χ1) is 16.9. The smallest absolute Gasteiger partial charge is 0.273 e. The number of ether oxygens (including phenoxy) is 1. The van der Waals surface area contributed by atoms with E-state index in [-0.39, 0.29) is 28.2 Å². The van der Waals surface area contributed by atoms with E-state index in [9.17, 15) is 14.4 Å². The van der Waals surface area contributed by atoms with Gasteiger partial charge in [-0.3, -0.25) is 19.3 Å². The van der Waals surface area contributed by atoms with Crippen molar-refractivity contribution in [3.05, 3.63) is 70.7 Å². The number of carbonyl (C=O) groups is 3. The van der Waals surface area contributed by atoms with E-state index < -0.39 is 17.9 Å². The zero-order chi connectivity index (χ0) is 24.9. The number of para-hydroxylation sites is 1. The van der Waals surface area contributed by atoms with Gasteiger partial charge in [-0.1, -0.05) is 43.2 Å². The Kier molecular flexibility index (Phi) is 7.31. The highest BCUT2D eigenvalue weighted by molar-refractivity contribution is 7.09. The third-order valence-electron chi connectivity index (χ3n) is 6.05. The summed E-state index contributed by atoms with van der Waals surface area (Å²) in [4.78, 5) is 40.8. The second-order valence-corrected chi connectivity index (χ2v) is 9.09. The number of benzene rings is 2. The van der Waals surface area contributed by atoms with Crippen molar-refractivity contribution >= 4 is 40.6 Å². The van der Waals surface area contributed by atoms with Crippen molar-refractivity contribution in [1.29, 1.82) is 0 Å². The molecule has 5 N–H and O–H groups in total. The lowest BCUT2D eigenvalue weighted by molar-refractivity contribution is -0.123. The minimum absolute atomic E-state index is 0.0369. The SMILES string of the molecule is COc1ccc(C(C(=O)NC2CCCC2)N(C(=O)c2snc(C(N)=O)c2N)c2ccccc2)cc1. The van der Waals surface area contributed by atoms with Crippen molar-refractivity contribution in [1.82, 2.24) is 9.69 Å². The summed E-state index contributed by atoms with van der Waals surface area (Å²) < 4.78 is 9.24. The Morgan fingerprint density at radius 1 is 1.09 bits per heavy atom. The number of carbonyl (C=O) groups excluding carboxylic acids is 3. The van der Waals surface area contributed by atoms with Crippen LogP contribution in [0.4, 0.5) is 11.4 Å². The largest absolute Gasteiger partial charge is 0.497 e. The summed E-state index contributed by atoms with van der Waals surface area (Å²) in [5.74, 6) is -1.06. The molecule has 1 atom stereocenters. The van der Waals surface area contributed by atoms with Crippen LogP contribution in [0.5, 0.6) is 5.75 Å². The standard InChI is InChI=1S/C25H27N5O4S/c1-34-18-13-11-15(12-14-18)21(24(32)28-16-7-5-6-8-16)30(17-9-3-2-4-10-17)25(33)22-19(26)20(23(27)31)29-35-22/h2-4,9-14,16,21H,5-8,26H2,1H3,(H2,27,31)(H,28,32). The Balaban J connectivity index is 1.82. The topological polar surface area (TPSA) is 141 Å². The van der Waals surface area contributed by atoms with Crippen LogP contribution < -0.4 is 26.4 Å². The van der Waals surface area contributed by atoms with Crippen LogP contribution in [0.25, 0.3) is 0 Å². The summed E-state index contributed by atoms with van der Waals surface area (Å²) in [5.41, 5.74) is 12.3. The van der Waals surface area contributed by atoms with E-state index in [1.165, 1.54) is 4.90 Å². The highest BCUT2D eigenvalue weighted by Gasteiger charge is 2.37. The molecule has 0 radical (unpaired) electrons. The number of anilines is 2. The lowest BCUT2D eigenvalue weighted by atomic mass is 10.0. The Bertz CT molecular complexity index is 1210. The Labute approximate surface area is 207 Å². The van der Waals surface area contributed by atoms with Gasteiger partial charge in [0.05, 0.1) is 12.8 Å². The maximum atomic E-state index is 13.9. The fourth-order valence-electron chi connectivity index (χ4n) is 4.26. The van der Waals surface area contributed by atoms with E-state index in [1.807, 2.05) is 6.07 Å². The first-order valence-corrected chi connectivity index (χ1v) is 12.1. The number of primary amides is 1. The number of hydrogen-bond acceptors (Lipinski definition) is 7. The van der Waals surface area contributed by atoms with Crippen LogP contribution in [-0.4, -0.2) is 35.2 Å². The zero-order valence-electron chi connectivity index (χ0n) is 19.3. The van der Waals surface area contributed by atoms with Gasteiger partial charge in [0.2, 0.25) is 5.91 Å². The molecule has 1 aromatic heterocycles. The normalized spacial score (nSPS) is 14.3. The van der Waals surface area contributed by atoms with Gasteiger partial charge in [0.1, 0.15) is 16.7 Å². The maximum Gasteiger partial charge on any atom is 0.273 e. The Morgan fingerprint density at radius 2 is 1.74 bits per heavy atom. The lowest BCUT2D eigenvalue weighted by Crippen LogP contribution is -2.46. The van der Waals surface area contributed by atoms with Crippen LogP contribution in [0.2, 0.25) is 0 Å². The van der Waals surface area contributed by atoms with E-state index in [0.29, 0.717) is 17.0 Å². The van der Waals surface area contributed by atoms with Crippen LogP contribution >= 0.6 is 11.5 Å². The summed E-state index contributed by atoms with van der Waals surface area (Å²) in [5, 5.41) is 3.12. The molecule has 1 unspecified atom stereocenters. The van der Waals surface area contributed by atoms with E-state index in [4.69, 9.17) is 16.2 Å². The van der Waals surface area contributed by atoms with Gasteiger partial charge in [-0.2, -0.15) is 4.37 Å². The highest BCUT2D eigenvalue weighted by Crippen LogP contribution is 2.34. The van der Waals surface area contributed by atoms with Gasteiger partial charge in [0.25, 0.3) is 11.8 Å². The number of methoxy groups -OCH3 is 1. The predicted molar refractivity (Wildman–Crippen MR) is 134 cm³/mol. The summed E-state index contributed by atoms with van der Waals surface area (Å²) in [7, 11) is 1.56. The minimum Gasteiger partial charge on any atom is -0.497 e. The van der Waals surface area contributed by atoms with Gasteiger partial charge in [0.15, 0.2) is 5.69 Å². The van der Waals surface area contributed by atoms with Gasteiger partial charge >= 0.3 is 0 Å². The van der Waals surface area contributed by atoms with Crippen molar-refractivity contribution < 1.29 is 19.1 Å². The van der Waals surface area contributed by atoms with E-state index in [1.54, 1.807) is 55.6 Å². The first kappa shape index (κ1) is 24.2. The van der Waals surface area contributed by atoms with E-state index >= 15 is 0 Å².